The maximum atomic E-state index is 12.3. The zero-order valence-electron chi connectivity index (χ0n) is 15.2. The first-order chi connectivity index (χ1) is 13.2. The molecule has 6 nitrogen and oxygen atoms in total. The molecule has 27 heavy (non-hydrogen) atoms. The third kappa shape index (κ3) is 5.21. The molecule has 142 valence electrons. The Kier molecular flexibility index (Phi) is 6.68. The van der Waals surface area contributed by atoms with Crippen LogP contribution in [0.3, 0.4) is 0 Å². The van der Waals surface area contributed by atoms with E-state index in [1.807, 2.05) is 47.9 Å². The standard InChI is InChI=1S/C20H23ClN4O2/c1-2-22-11-12-23-20(26)13-25-18-6-4-3-5-17(18)24-19(25)14-27-16-9-7-15(21)8-10-16/h3-10,22H,2,11-14H2,1H3,(H,23,26). The molecule has 1 heterocycles. The van der Waals surface area contributed by atoms with Gasteiger partial charge in [0.25, 0.3) is 0 Å². The lowest BCUT2D eigenvalue weighted by Crippen LogP contribution is -2.34. The molecule has 0 aliphatic rings. The number of nitrogens with zero attached hydrogens (tertiary/aromatic N) is 2. The molecule has 0 atom stereocenters. The van der Waals surface area contributed by atoms with Crippen molar-refractivity contribution in [2.24, 2.45) is 0 Å². The average molecular weight is 387 g/mol. The van der Waals surface area contributed by atoms with Crippen molar-refractivity contribution >= 4 is 28.5 Å². The molecule has 2 N–H and O–H groups in total. The maximum Gasteiger partial charge on any atom is 0.240 e. The van der Waals surface area contributed by atoms with Crippen LogP contribution in [0.5, 0.6) is 5.75 Å². The fraction of sp³-hybridized carbons (Fsp3) is 0.300. The molecule has 0 fully saturated rings. The fourth-order valence-corrected chi connectivity index (χ4v) is 2.88. The normalized spacial score (nSPS) is 10.9. The Hall–Kier alpha value is -2.57. The Balaban J connectivity index is 1.73. The second kappa shape index (κ2) is 9.39. The summed E-state index contributed by atoms with van der Waals surface area (Å²) in [5.41, 5.74) is 1.75. The molecule has 2 aromatic carbocycles. The molecule has 0 radical (unpaired) electrons. The van der Waals surface area contributed by atoms with E-state index in [1.54, 1.807) is 12.1 Å². The monoisotopic (exact) mass is 386 g/mol. The number of carbonyl (C=O) groups is 1. The highest BCUT2D eigenvalue weighted by Crippen LogP contribution is 2.19. The predicted octanol–water partition coefficient (Wildman–Crippen LogP) is 2.99. The average Bonchev–Trinajstić information content (AvgIpc) is 3.02. The van der Waals surface area contributed by atoms with E-state index in [0.717, 1.165) is 24.1 Å². The first kappa shape index (κ1) is 19.2. The van der Waals surface area contributed by atoms with Gasteiger partial charge in [0.1, 0.15) is 24.7 Å². The molecule has 1 amide bonds. The molecular weight excluding hydrogens is 364 g/mol. The number of fused-ring (bicyclic) bond motifs is 1. The molecular formula is C20H23ClN4O2. The summed E-state index contributed by atoms with van der Waals surface area (Å²) in [6.45, 7) is 4.73. The molecule has 0 aliphatic carbocycles. The summed E-state index contributed by atoms with van der Waals surface area (Å²) in [7, 11) is 0. The van der Waals surface area contributed by atoms with Gasteiger partial charge >= 0.3 is 0 Å². The van der Waals surface area contributed by atoms with Gasteiger partial charge in [-0.3, -0.25) is 4.79 Å². The zero-order valence-corrected chi connectivity index (χ0v) is 16.0. The second-order valence-corrected chi connectivity index (χ2v) is 6.49. The van der Waals surface area contributed by atoms with Gasteiger partial charge in [-0.25, -0.2) is 4.98 Å². The number of benzene rings is 2. The number of hydrogen-bond donors (Lipinski definition) is 2. The minimum Gasteiger partial charge on any atom is -0.486 e. The van der Waals surface area contributed by atoms with Gasteiger partial charge in [0.2, 0.25) is 5.91 Å². The highest BCUT2D eigenvalue weighted by Gasteiger charge is 2.14. The summed E-state index contributed by atoms with van der Waals surface area (Å²) in [6.07, 6.45) is 0. The Morgan fingerprint density at radius 3 is 2.70 bits per heavy atom. The van der Waals surface area contributed by atoms with E-state index in [4.69, 9.17) is 16.3 Å². The predicted molar refractivity (Wildman–Crippen MR) is 107 cm³/mol. The number of amides is 1. The number of aromatic nitrogens is 2. The second-order valence-electron chi connectivity index (χ2n) is 6.05. The quantitative estimate of drug-likeness (QED) is 0.555. The van der Waals surface area contributed by atoms with E-state index >= 15 is 0 Å². The highest BCUT2D eigenvalue weighted by atomic mass is 35.5. The third-order valence-electron chi connectivity index (χ3n) is 4.09. The zero-order chi connectivity index (χ0) is 19.1. The van der Waals surface area contributed by atoms with Crippen molar-refractivity contribution in [1.29, 1.82) is 0 Å². The number of likely N-dealkylation sites (N-methyl/N-ethyl adjacent to an activating group) is 1. The summed E-state index contributed by atoms with van der Waals surface area (Å²) < 4.78 is 7.72. The molecule has 3 rings (SSSR count). The van der Waals surface area contributed by atoms with Gasteiger partial charge in [-0.15, -0.1) is 0 Å². The molecule has 0 aliphatic heterocycles. The molecule has 0 spiro atoms. The van der Waals surface area contributed by atoms with Crippen LogP contribution in [0.1, 0.15) is 12.7 Å². The number of nitrogens with one attached hydrogen (secondary N) is 2. The van der Waals surface area contributed by atoms with Crippen molar-refractivity contribution in [2.75, 3.05) is 19.6 Å². The van der Waals surface area contributed by atoms with E-state index in [9.17, 15) is 4.79 Å². The highest BCUT2D eigenvalue weighted by molar-refractivity contribution is 6.30. The van der Waals surface area contributed by atoms with E-state index in [-0.39, 0.29) is 19.1 Å². The minimum atomic E-state index is -0.0520. The summed E-state index contributed by atoms with van der Waals surface area (Å²) in [6, 6.07) is 14.9. The van der Waals surface area contributed by atoms with Gasteiger partial charge in [0.15, 0.2) is 0 Å². The van der Waals surface area contributed by atoms with Gasteiger partial charge in [-0.2, -0.15) is 0 Å². The van der Waals surface area contributed by atoms with Crippen LogP contribution in [0, 0.1) is 0 Å². The van der Waals surface area contributed by atoms with Crippen LogP contribution >= 0.6 is 11.6 Å². The van der Waals surface area contributed by atoms with Crippen LogP contribution in [0.15, 0.2) is 48.5 Å². The number of halogens is 1. The van der Waals surface area contributed by atoms with Gasteiger partial charge in [0.05, 0.1) is 11.0 Å². The molecule has 1 aromatic heterocycles. The third-order valence-corrected chi connectivity index (χ3v) is 4.34. The SMILES string of the molecule is CCNCCNC(=O)Cn1c(COc2ccc(Cl)cc2)nc2ccccc21. The van der Waals surface area contributed by atoms with Gasteiger partial charge < -0.3 is 19.9 Å². The first-order valence-electron chi connectivity index (χ1n) is 8.97. The lowest BCUT2D eigenvalue weighted by Gasteiger charge is -2.11. The fourth-order valence-electron chi connectivity index (χ4n) is 2.76. The number of carbonyl (C=O) groups excluding carboxylic acids is 1. The van der Waals surface area contributed by atoms with Crippen molar-refractivity contribution in [2.45, 2.75) is 20.1 Å². The molecule has 0 bridgehead atoms. The Bertz CT molecular complexity index is 893. The van der Waals surface area contributed by atoms with Crippen LogP contribution in [-0.4, -0.2) is 35.1 Å². The van der Waals surface area contributed by atoms with Gasteiger partial charge in [-0.05, 0) is 42.9 Å². The molecule has 0 saturated carbocycles. The summed E-state index contributed by atoms with van der Waals surface area (Å²) >= 11 is 5.91. The summed E-state index contributed by atoms with van der Waals surface area (Å²) in [5.74, 6) is 1.35. The molecule has 0 unspecified atom stereocenters. The van der Waals surface area contributed by atoms with Crippen molar-refractivity contribution in [3.8, 4) is 5.75 Å². The van der Waals surface area contributed by atoms with Crippen LogP contribution in [0.25, 0.3) is 11.0 Å². The lowest BCUT2D eigenvalue weighted by molar-refractivity contribution is -0.121. The first-order valence-corrected chi connectivity index (χ1v) is 9.35. The summed E-state index contributed by atoms with van der Waals surface area (Å²) in [4.78, 5) is 17.0. The van der Waals surface area contributed by atoms with Gasteiger partial charge in [0, 0.05) is 18.1 Å². The number of hydrogen-bond acceptors (Lipinski definition) is 4. The van der Waals surface area contributed by atoms with Crippen molar-refractivity contribution in [3.05, 3.63) is 59.4 Å². The number of ether oxygens (including phenoxy) is 1. The van der Waals surface area contributed by atoms with E-state index in [0.29, 0.717) is 23.1 Å². The Morgan fingerprint density at radius 2 is 1.93 bits per heavy atom. The molecule has 7 heteroatoms. The van der Waals surface area contributed by atoms with E-state index < -0.39 is 0 Å². The van der Waals surface area contributed by atoms with Crippen molar-refractivity contribution in [3.63, 3.8) is 0 Å². The van der Waals surface area contributed by atoms with Crippen LogP contribution in [0.2, 0.25) is 5.02 Å². The topological polar surface area (TPSA) is 68.2 Å². The van der Waals surface area contributed by atoms with Gasteiger partial charge in [-0.1, -0.05) is 30.7 Å². The Morgan fingerprint density at radius 1 is 1.15 bits per heavy atom. The van der Waals surface area contributed by atoms with Crippen LogP contribution < -0.4 is 15.4 Å². The number of rotatable bonds is 9. The number of para-hydroxylation sites is 2. The van der Waals surface area contributed by atoms with Crippen LogP contribution in [-0.2, 0) is 17.9 Å². The Labute approximate surface area is 163 Å². The molecule has 3 aromatic rings. The van der Waals surface area contributed by atoms with Crippen molar-refractivity contribution in [1.82, 2.24) is 20.2 Å². The smallest absolute Gasteiger partial charge is 0.240 e. The van der Waals surface area contributed by atoms with E-state index in [2.05, 4.69) is 15.6 Å². The number of imidazole rings is 1. The lowest BCUT2D eigenvalue weighted by atomic mass is 10.3. The van der Waals surface area contributed by atoms with Crippen LogP contribution in [0.4, 0.5) is 0 Å². The maximum absolute atomic E-state index is 12.3. The van der Waals surface area contributed by atoms with E-state index in [1.165, 1.54) is 0 Å². The molecule has 0 saturated heterocycles. The minimum absolute atomic E-state index is 0.0520. The summed E-state index contributed by atoms with van der Waals surface area (Å²) in [5, 5.41) is 6.76. The van der Waals surface area contributed by atoms with Crippen molar-refractivity contribution < 1.29 is 9.53 Å². The largest absolute Gasteiger partial charge is 0.486 e.